The topological polar surface area (TPSA) is 23.5 Å². The maximum absolute atomic E-state index is 11.9. The van der Waals surface area contributed by atoms with Crippen LogP contribution < -0.4 is 0 Å². The minimum Gasteiger partial charge on any atom is -0.376 e. The van der Waals surface area contributed by atoms with Crippen molar-refractivity contribution in [1.29, 1.82) is 0 Å². The third-order valence-corrected chi connectivity index (χ3v) is 5.65. The predicted octanol–water partition coefficient (Wildman–Crippen LogP) is 5.22. The Bertz CT molecular complexity index is 888. The van der Waals surface area contributed by atoms with Crippen LogP contribution in [0.15, 0.2) is 78.9 Å². The summed E-state index contributed by atoms with van der Waals surface area (Å²) >= 11 is 6.23. The van der Waals surface area contributed by atoms with Gasteiger partial charge in [0.2, 0.25) is 0 Å². The van der Waals surface area contributed by atoms with Gasteiger partial charge in [-0.25, -0.2) is 0 Å². The molecule has 27 heavy (non-hydrogen) atoms. The first-order chi connectivity index (χ1) is 13.2. The van der Waals surface area contributed by atoms with Gasteiger partial charge >= 0.3 is 0 Å². The second-order valence-corrected chi connectivity index (χ2v) is 7.70. The third kappa shape index (κ3) is 3.79. The summed E-state index contributed by atoms with van der Waals surface area (Å²) in [5.74, 6) is 0. The molecule has 1 unspecified atom stereocenters. The Labute approximate surface area is 166 Å². The largest absolute Gasteiger partial charge is 0.376 e. The van der Waals surface area contributed by atoms with Gasteiger partial charge in [-0.15, -0.1) is 0 Å². The van der Waals surface area contributed by atoms with Crippen LogP contribution in [0.1, 0.15) is 35.1 Å². The zero-order chi connectivity index (χ0) is 18.7. The molecule has 2 nitrogen and oxygen atoms in total. The van der Waals surface area contributed by atoms with Crippen LogP contribution in [0, 0.1) is 0 Å². The number of hydrogen-bond acceptors (Lipinski definition) is 2. The smallest absolute Gasteiger partial charge is 0.140 e. The SMILES string of the molecule is OC(c1ccccc1)(c1ccc(CN2CCCC2)cc1)c1cccc(Cl)c1. The van der Waals surface area contributed by atoms with Crippen molar-refractivity contribution in [2.45, 2.75) is 25.0 Å². The fraction of sp³-hybridized carbons (Fsp3) is 0.250. The number of benzene rings is 3. The van der Waals surface area contributed by atoms with E-state index in [2.05, 4.69) is 17.0 Å². The summed E-state index contributed by atoms with van der Waals surface area (Å²) in [6, 6.07) is 25.6. The maximum atomic E-state index is 11.9. The van der Waals surface area contributed by atoms with Crippen molar-refractivity contribution in [3.05, 3.63) is 106 Å². The molecule has 0 amide bonds. The van der Waals surface area contributed by atoms with E-state index < -0.39 is 5.60 Å². The zero-order valence-electron chi connectivity index (χ0n) is 15.3. The molecule has 1 N–H and O–H groups in total. The molecule has 0 radical (unpaired) electrons. The van der Waals surface area contributed by atoms with E-state index in [9.17, 15) is 5.11 Å². The van der Waals surface area contributed by atoms with Gasteiger partial charge in [0.05, 0.1) is 0 Å². The molecule has 1 fully saturated rings. The fourth-order valence-corrected chi connectivity index (χ4v) is 4.13. The molecular weight excluding hydrogens is 354 g/mol. The van der Waals surface area contributed by atoms with Crippen molar-refractivity contribution in [2.75, 3.05) is 13.1 Å². The van der Waals surface area contributed by atoms with Gasteiger partial charge in [-0.2, -0.15) is 0 Å². The average Bonchev–Trinajstić information content (AvgIpc) is 3.22. The van der Waals surface area contributed by atoms with Crippen molar-refractivity contribution in [3.8, 4) is 0 Å². The summed E-state index contributed by atoms with van der Waals surface area (Å²) in [6.45, 7) is 3.33. The normalized spacial score (nSPS) is 17.0. The van der Waals surface area contributed by atoms with E-state index in [-0.39, 0.29) is 0 Å². The first-order valence-corrected chi connectivity index (χ1v) is 9.90. The van der Waals surface area contributed by atoms with Gasteiger partial charge < -0.3 is 5.11 Å². The lowest BCUT2D eigenvalue weighted by Gasteiger charge is -2.30. The molecule has 0 bridgehead atoms. The number of likely N-dealkylation sites (tertiary alicyclic amines) is 1. The van der Waals surface area contributed by atoms with Crippen molar-refractivity contribution >= 4 is 11.6 Å². The number of halogens is 1. The molecule has 1 saturated heterocycles. The van der Waals surface area contributed by atoms with Gasteiger partial charge in [-0.05, 0) is 60.3 Å². The van der Waals surface area contributed by atoms with E-state index in [0.29, 0.717) is 5.02 Å². The Kier molecular flexibility index (Phi) is 5.31. The highest BCUT2D eigenvalue weighted by Crippen LogP contribution is 2.37. The molecule has 0 aromatic heterocycles. The highest BCUT2D eigenvalue weighted by Gasteiger charge is 2.33. The van der Waals surface area contributed by atoms with Crippen LogP contribution in [0.3, 0.4) is 0 Å². The van der Waals surface area contributed by atoms with E-state index in [0.717, 1.165) is 23.2 Å². The number of hydrogen-bond donors (Lipinski definition) is 1. The van der Waals surface area contributed by atoms with Gasteiger partial charge in [0.1, 0.15) is 5.60 Å². The quantitative estimate of drug-likeness (QED) is 0.616. The molecule has 3 aromatic carbocycles. The molecule has 1 atom stereocenters. The first-order valence-electron chi connectivity index (χ1n) is 9.52. The summed E-state index contributed by atoms with van der Waals surface area (Å²) in [7, 11) is 0. The van der Waals surface area contributed by atoms with Crippen LogP contribution in [0.25, 0.3) is 0 Å². The lowest BCUT2D eigenvalue weighted by molar-refractivity contribution is 0.125. The molecule has 3 aromatic rings. The second kappa shape index (κ2) is 7.85. The van der Waals surface area contributed by atoms with Gasteiger partial charge in [-0.1, -0.05) is 78.3 Å². The van der Waals surface area contributed by atoms with Gasteiger partial charge in [0.15, 0.2) is 0 Å². The summed E-state index contributed by atoms with van der Waals surface area (Å²) in [5, 5.41) is 12.5. The Hall–Kier alpha value is -2.13. The van der Waals surface area contributed by atoms with Gasteiger partial charge in [0.25, 0.3) is 0 Å². The molecule has 4 rings (SSSR count). The number of aliphatic hydroxyl groups is 1. The Morgan fingerprint density at radius 2 is 1.41 bits per heavy atom. The standard InChI is InChI=1S/C24H24ClNO/c25-23-10-6-9-22(17-23)24(27,20-7-2-1-3-8-20)21-13-11-19(12-14-21)18-26-15-4-5-16-26/h1-3,6-14,17,27H,4-5,15-16,18H2. The number of nitrogens with zero attached hydrogens (tertiary/aromatic N) is 1. The van der Waals surface area contributed by atoms with Crippen LogP contribution in [0.4, 0.5) is 0 Å². The number of rotatable bonds is 5. The summed E-state index contributed by atoms with van der Waals surface area (Å²) < 4.78 is 0. The Morgan fingerprint density at radius 1 is 0.778 bits per heavy atom. The monoisotopic (exact) mass is 377 g/mol. The van der Waals surface area contributed by atoms with E-state index in [1.807, 2.05) is 66.7 Å². The second-order valence-electron chi connectivity index (χ2n) is 7.27. The van der Waals surface area contributed by atoms with E-state index in [1.165, 1.54) is 31.5 Å². The molecule has 0 aliphatic carbocycles. The Balaban J connectivity index is 1.72. The van der Waals surface area contributed by atoms with E-state index in [1.54, 1.807) is 0 Å². The summed E-state index contributed by atoms with van der Waals surface area (Å²) in [5.41, 5.74) is 2.49. The zero-order valence-corrected chi connectivity index (χ0v) is 16.1. The highest BCUT2D eigenvalue weighted by molar-refractivity contribution is 6.30. The predicted molar refractivity (Wildman–Crippen MR) is 111 cm³/mol. The summed E-state index contributed by atoms with van der Waals surface area (Å²) in [4.78, 5) is 2.48. The lowest BCUT2D eigenvalue weighted by Crippen LogP contribution is -2.29. The molecule has 0 saturated carbocycles. The Morgan fingerprint density at radius 3 is 2.07 bits per heavy atom. The van der Waals surface area contributed by atoms with Crippen molar-refractivity contribution in [2.24, 2.45) is 0 Å². The molecule has 0 spiro atoms. The summed E-state index contributed by atoms with van der Waals surface area (Å²) in [6.07, 6.45) is 2.58. The van der Waals surface area contributed by atoms with Gasteiger partial charge in [-0.3, -0.25) is 4.90 Å². The lowest BCUT2D eigenvalue weighted by atomic mass is 9.80. The van der Waals surface area contributed by atoms with Crippen molar-refractivity contribution in [3.63, 3.8) is 0 Å². The molecule has 1 aliphatic rings. The third-order valence-electron chi connectivity index (χ3n) is 5.41. The van der Waals surface area contributed by atoms with Crippen LogP contribution >= 0.6 is 11.6 Å². The van der Waals surface area contributed by atoms with Crippen molar-refractivity contribution in [1.82, 2.24) is 4.90 Å². The highest BCUT2D eigenvalue weighted by atomic mass is 35.5. The maximum Gasteiger partial charge on any atom is 0.140 e. The minimum absolute atomic E-state index is 0.618. The first kappa shape index (κ1) is 18.2. The van der Waals surface area contributed by atoms with E-state index >= 15 is 0 Å². The average molecular weight is 378 g/mol. The van der Waals surface area contributed by atoms with Crippen LogP contribution in [0.5, 0.6) is 0 Å². The van der Waals surface area contributed by atoms with Gasteiger partial charge in [0, 0.05) is 11.6 Å². The molecule has 138 valence electrons. The molecule has 3 heteroatoms. The molecular formula is C24H24ClNO. The minimum atomic E-state index is -1.24. The molecule has 1 heterocycles. The fourth-order valence-electron chi connectivity index (χ4n) is 3.94. The molecule has 1 aliphatic heterocycles. The van der Waals surface area contributed by atoms with Crippen molar-refractivity contribution < 1.29 is 5.11 Å². The van der Waals surface area contributed by atoms with Crippen LogP contribution in [-0.4, -0.2) is 23.1 Å². The van der Waals surface area contributed by atoms with Crippen LogP contribution in [0.2, 0.25) is 5.02 Å². The van der Waals surface area contributed by atoms with E-state index in [4.69, 9.17) is 11.6 Å². The van der Waals surface area contributed by atoms with Crippen LogP contribution in [-0.2, 0) is 12.1 Å².